The molecule has 3 aromatic rings. The molecule has 1 aromatic heterocycles. The van der Waals surface area contributed by atoms with Crippen LogP contribution in [-0.4, -0.2) is 29.3 Å². The van der Waals surface area contributed by atoms with Crippen molar-refractivity contribution >= 4 is 28.1 Å². The number of hydrogen-bond acceptors (Lipinski definition) is 6. The number of aryl methyl sites for hydroxylation is 1. The van der Waals surface area contributed by atoms with Gasteiger partial charge in [0.05, 0.1) is 12.3 Å². The fraction of sp³-hybridized carbons (Fsp3) is 0.360. The highest BCUT2D eigenvalue weighted by Crippen LogP contribution is 2.33. The standard InChI is InChI=1S/C25H30N2O4S/c1-3-4-5-6-7-16-30-21-14-10-20(11-15-21)26-25-27-24(18(2)32-25)19-8-12-22(13-9-19)31-17-23(28)29/h8-15H,3-7,16-17H2,1-2H3,(H,26,27)(H,28,29). The monoisotopic (exact) mass is 454 g/mol. The predicted octanol–water partition coefficient (Wildman–Crippen LogP) is 6.67. The fourth-order valence-electron chi connectivity index (χ4n) is 3.23. The van der Waals surface area contributed by atoms with Gasteiger partial charge in [0.2, 0.25) is 0 Å². The number of benzene rings is 2. The van der Waals surface area contributed by atoms with Crippen molar-refractivity contribution in [3.05, 3.63) is 53.4 Å². The second-order valence-electron chi connectivity index (χ2n) is 7.54. The summed E-state index contributed by atoms with van der Waals surface area (Å²) in [7, 11) is 0. The van der Waals surface area contributed by atoms with Crippen LogP contribution >= 0.6 is 11.3 Å². The molecule has 0 spiro atoms. The zero-order chi connectivity index (χ0) is 22.8. The van der Waals surface area contributed by atoms with Gasteiger partial charge in [0.1, 0.15) is 11.5 Å². The molecule has 0 radical (unpaired) electrons. The number of carboxylic acid groups (broad SMARTS) is 1. The van der Waals surface area contributed by atoms with Crippen LogP contribution in [0, 0.1) is 6.92 Å². The number of unbranched alkanes of at least 4 members (excludes halogenated alkanes) is 4. The van der Waals surface area contributed by atoms with E-state index in [0.717, 1.165) is 45.7 Å². The molecule has 0 aliphatic carbocycles. The molecule has 0 bridgehead atoms. The zero-order valence-electron chi connectivity index (χ0n) is 18.6. The van der Waals surface area contributed by atoms with Gasteiger partial charge in [0.25, 0.3) is 0 Å². The third-order valence-electron chi connectivity index (χ3n) is 4.91. The van der Waals surface area contributed by atoms with E-state index in [1.807, 2.05) is 43.3 Å². The highest BCUT2D eigenvalue weighted by atomic mass is 32.1. The summed E-state index contributed by atoms with van der Waals surface area (Å²) < 4.78 is 11.0. The van der Waals surface area contributed by atoms with Crippen LogP contribution in [0.5, 0.6) is 11.5 Å². The van der Waals surface area contributed by atoms with Crippen LogP contribution in [0.1, 0.15) is 43.9 Å². The van der Waals surface area contributed by atoms with Crippen LogP contribution in [0.15, 0.2) is 48.5 Å². The molecular weight excluding hydrogens is 424 g/mol. The Morgan fingerprint density at radius 3 is 2.31 bits per heavy atom. The second-order valence-corrected chi connectivity index (χ2v) is 8.75. The second kappa shape index (κ2) is 12.1. The molecule has 2 N–H and O–H groups in total. The summed E-state index contributed by atoms with van der Waals surface area (Å²) in [5.41, 5.74) is 2.81. The molecule has 3 rings (SSSR count). The van der Waals surface area contributed by atoms with Gasteiger partial charge in [-0.1, -0.05) is 32.6 Å². The number of aromatic nitrogens is 1. The molecule has 0 saturated heterocycles. The van der Waals surface area contributed by atoms with Crippen molar-refractivity contribution < 1.29 is 19.4 Å². The van der Waals surface area contributed by atoms with Gasteiger partial charge in [0, 0.05) is 16.1 Å². The number of carboxylic acids is 1. The maximum Gasteiger partial charge on any atom is 0.341 e. The zero-order valence-corrected chi connectivity index (χ0v) is 19.4. The first-order chi connectivity index (χ1) is 15.5. The van der Waals surface area contributed by atoms with E-state index in [-0.39, 0.29) is 6.61 Å². The lowest BCUT2D eigenvalue weighted by Crippen LogP contribution is -2.09. The Balaban J connectivity index is 1.54. The van der Waals surface area contributed by atoms with Crippen LogP contribution in [0.4, 0.5) is 10.8 Å². The molecule has 0 atom stereocenters. The summed E-state index contributed by atoms with van der Waals surface area (Å²) in [5.74, 6) is 0.403. The van der Waals surface area contributed by atoms with Gasteiger partial charge in [-0.05, 0) is 61.9 Å². The van der Waals surface area contributed by atoms with E-state index in [1.54, 1.807) is 23.5 Å². The number of nitrogens with zero attached hydrogens (tertiary/aromatic N) is 1. The molecular formula is C25H30N2O4S. The lowest BCUT2D eigenvalue weighted by Gasteiger charge is -2.07. The molecule has 0 unspecified atom stereocenters. The maximum atomic E-state index is 10.6. The van der Waals surface area contributed by atoms with Gasteiger partial charge in [-0.2, -0.15) is 0 Å². The molecule has 0 aliphatic rings. The Morgan fingerprint density at radius 2 is 1.62 bits per heavy atom. The number of nitrogens with one attached hydrogen (secondary N) is 1. The molecule has 170 valence electrons. The summed E-state index contributed by atoms with van der Waals surface area (Å²) >= 11 is 1.59. The van der Waals surface area contributed by atoms with Crippen LogP contribution < -0.4 is 14.8 Å². The van der Waals surface area contributed by atoms with E-state index in [0.29, 0.717) is 5.75 Å². The first-order valence-electron chi connectivity index (χ1n) is 11.0. The first kappa shape index (κ1) is 23.6. The van der Waals surface area contributed by atoms with E-state index in [9.17, 15) is 4.79 Å². The molecule has 0 aliphatic heterocycles. The Bertz CT molecular complexity index is 984. The van der Waals surface area contributed by atoms with Crippen LogP contribution in [0.3, 0.4) is 0 Å². The van der Waals surface area contributed by atoms with E-state index in [2.05, 4.69) is 12.2 Å². The average Bonchev–Trinajstić information content (AvgIpc) is 3.16. The average molecular weight is 455 g/mol. The largest absolute Gasteiger partial charge is 0.494 e. The Kier molecular flexibility index (Phi) is 8.92. The van der Waals surface area contributed by atoms with Crippen molar-refractivity contribution in [2.24, 2.45) is 0 Å². The van der Waals surface area contributed by atoms with Crippen LogP contribution in [0.25, 0.3) is 11.3 Å². The van der Waals surface area contributed by atoms with Gasteiger partial charge < -0.3 is 19.9 Å². The number of ether oxygens (including phenoxy) is 2. The normalized spacial score (nSPS) is 10.7. The van der Waals surface area contributed by atoms with E-state index < -0.39 is 5.97 Å². The van der Waals surface area contributed by atoms with Crippen LogP contribution in [-0.2, 0) is 4.79 Å². The van der Waals surface area contributed by atoms with Crippen molar-refractivity contribution in [2.45, 2.75) is 46.0 Å². The quantitative estimate of drug-likeness (QED) is 0.281. The third-order valence-corrected chi connectivity index (χ3v) is 5.80. The minimum Gasteiger partial charge on any atom is -0.494 e. The topological polar surface area (TPSA) is 80.7 Å². The number of thiazole rings is 1. The highest BCUT2D eigenvalue weighted by molar-refractivity contribution is 7.16. The van der Waals surface area contributed by atoms with Crippen LogP contribution in [0.2, 0.25) is 0 Å². The maximum absolute atomic E-state index is 10.6. The van der Waals surface area contributed by atoms with Crippen molar-refractivity contribution in [1.29, 1.82) is 0 Å². The molecule has 0 amide bonds. The summed E-state index contributed by atoms with van der Waals surface area (Å²) in [6, 6.07) is 15.2. The van der Waals surface area contributed by atoms with E-state index in [4.69, 9.17) is 19.6 Å². The number of rotatable bonds is 13. The Hall–Kier alpha value is -3.06. The molecule has 0 fully saturated rings. The lowest BCUT2D eigenvalue weighted by atomic mass is 10.1. The lowest BCUT2D eigenvalue weighted by molar-refractivity contribution is -0.139. The highest BCUT2D eigenvalue weighted by Gasteiger charge is 2.11. The van der Waals surface area contributed by atoms with Crippen molar-refractivity contribution in [3.8, 4) is 22.8 Å². The van der Waals surface area contributed by atoms with Gasteiger partial charge in [0.15, 0.2) is 11.7 Å². The minimum absolute atomic E-state index is 0.355. The van der Waals surface area contributed by atoms with E-state index in [1.165, 1.54) is 25.7 Å². The van der Waals surface area contributed by atoms with Crippen molar-refractivity contribution in [2.75, 3.05) is 18.5 Å². The molecule has 7 heteroatoms. The summed E-state index contributed by atoms with van der Waals surface area (Å²) in [4.78, 5) is 16.4. The SMILES string of the molecule is CCCCCCCOc1ccc(Nc2nc(-c3ccc(OCC(=O)O)cc3)c(C)s2)cc1. The Labute approximate surface area is 193 Å². The van der Waals surface area contributed by atoms with Gasteiger partial charge in [-0.25, -0.2) is 9.78 Å². The van der Waals surface area contributed by atoms with Gasteiger partial charge in [-0.3, -0.25) is 0 Å². The summed E-state index contributed by atoms with van der Waals surface area (Å²) in [6.45, 7) is 4.65. The number of hydrogen-bond donors (Lipinski definition) is 2. The predicted molar refractivity (Wildman–Crippen MR) is 129 cm³/mol. The molecule has 32 heavy (non-hydrogen) atoms. The van der Waals surface area contributed by atoms with Crippen molar-refractivity contribution in [3.63, 3.8) is 0 Å². The van der Waals surface area contributed by atoms with E-state index >= 15 is 0 Å². The van der Waals surface area contributed by atoms with Crippen molar-refractivity contribution in [1.82, 2.24) is 4.98 Å². The summed E-state index contributed by atoms with van der Waals surface area (Å²) in [6.07, 6.45) is 6.14. The molecule has 0 saturated carbocycles. The van der Waals surface area contributed by atoms with Gasteiger partial charge in [-0.15, -0.1) is 11.3 Å². The summed E-state index contributed by atoms with van der Waals surface area (Å²) in [5, 5.41) is 12.9. The molecule has 2 aromatic carbocycles. The number of carbonyl (C=O) groups is 1. The van der Waals surface area contributed by atoms with Gasteiger partial charge >= 0.3 is 5.97 Å². The molecule has 6 nitrogen and oxygen atoms in total. The first-order valence-corrected chi connectivity index (χ1v) is 11.8. The fourth-order valence-corrected chi connectivity index (χ4v) is 4.08. The number of aliphatic carboxylic acids is 1. The third kappa shape index (κ3) is 7.27. The number of anilines is 2. The Morgan fingerprint density at radius 1 is 0.969 bits per heavy atom. The molecule has 1 heterocycles. The minimum atomic E-state index is -0.998. The smallest absolute Gasteiger partial charge is 0.341 e.